The van der Waals surface area contributed by atoms with Gasteiger partial charge in [0, 0.05) is 25.8 Å². The van der Waals surface area contributed by atoms with Crippen molar-refractivity contribution in [2.75, 3.05) is 19.6 Å². The maximum Gasteiger partial charge on any atom is 0.272 e. The standard InChI is InChI=1S/C28H29N3O2/c1-2-17-30-27(33)28(16-10-19-31(21-28)26(32)25-15-8-9-18-29-25)20-23-13-6-7-14-24(23)22-11-4-3-5-12-22/h2-9,11-15,18H,1,10,16-17,19-21H2,(H,30,33)/t28-/m0/s1. The van der Waals surface area contributed by atoms with Gasteiger partial charge in [0.05, 0.1) is 5.41 Å². The predicted molar refractivity (Wildman–Crippen MR) is 131 cm³/mol. The van der Waals surface area contributed by atoms with Gasteiger partial charge in [0.25, 0.3) is 5.91 Å². The van der Waals surface area contributed by atoms with Crippen molar-refractivity contribution in [3.05, 3.63) is 103 Å². The molecule has 33 heavy (non-hydrogen) atoms. The summed E-state index contributed by atoms with van der Waals surface area (Å²) < 4.78 is 0. The van der Waals surface area contributed by atoms with Gasteiger partial charge < -0.3 is 10.2 Å². The largest absolute Gasteiger partial charge is 0.352 e. The maximum atomic E-state index is 13.5. The molecule has 2 heterocycles. The van der Waals surface area contributed by atoms with Gasteiger partial charge in [-0.25, -0.2) is 0 Å². The fourth-order valence-corrected chi connectivity index (χ4v) is 4.66. The summed E-state index contributed by atoms with van der Waals surface area (Å²) in [5.74, 6) is -0.170. The number of pyridine rings is 1. The lowest BCUT2D eigenvalue weighted by Gasteiger charge is -2.42. The number of carbonyl (C=O) groups is 2. The summed E-state index contributed by atoms with van der Waals surface area (Å²) in [6.45, 7) is 5.10. The molecule has 1 aliphatic rings. The minimum absolute atomic E-state index is 0.0382. The third-order valence-corrected chi connectivity index (χ3v) is 6.27. The molecule has 1 N–H and O–H groups in total. The second-order valence-corrected chi connectivity index (χ2v) is 8.52. The lowest BCUT2D eigenvalue weighted by molar-refractivity contribution is -0.133. The Balaban J connectivity index is 1.68. The summed E-state index contributed by atoms with van der Waals surface area (Å²) >= 11 is 0. The summed E-state index contributed by atoms with van der Waals surface area (Å²) in [7, 11) is 0. The summed E-state index contributed by atoms with van der Waals surface area (Å²) in [6.07, 6.45) is 5.33. The number of piperidine rings is 1. The van der Waals surface area contributed by atoms with Crippen LogP contribution in [-0.4, -0.2) is 41.3 Å². The maximum absolute atomic E-state index is 13.5. The summed E-state index contributed by atoms with van der Waals surface area (Å²) in [6, 6.07) is 23.8. The predicted octanol–water partition coefficient (Wildman–Crippen LogP) is 4.52. The minimum Gasteiger partial charge on any atom is -0.352 e. The van der Waals surface area contributed by atoms with Crippen molar-refractivity contribution in [2.24, 2.45) is 5.41 Å². The summed E-state index contributed by atoms with van der Waals surface area (Å²) in [4.78, 5) is 32.7. The number of likely N-dealkylation sites (tertiary alicyclic amines) is 1. The van der Waals surface area contributed by atoms with Crippen LogP contribution in [0.5, 0.6) is 0 Å². The molecule has 0 saturated carbocycles. The van der Waals surface area contributed by atoms with Gasteiger partial charge in [0.15, 0.2) is 0 Å². The van der Waals surface area contributed by atoms with Crippen LogP contribution in [-0.2, 0) is 11.2 Å². The van der Waals surface area contributed by atoms with E-state index in [1.54, 1.807) is 29.3 Å². The smallest absolute Gasteiger partial charge is 0.272 e. The fraction of sp³-hybridized carbons (Fsp3) is 0.250. The second kappa shape index (κ2) is 10.3. The van der Waals surface area contributed by atoms with Crippen LogP contribution < -0.4 is 5.32 Å². The van der Waals surface area contributed by atoms with Gasteiger partial charge in [-0.15, -0.1) is 6.58 Å². The van der Waals surface area contributed by atoms with Crippen molar-refractivity contribution in [1.29, 1.82) is 0 Å². The third kappa shape index (κ3) is 5.03. The van der Waals surface area contributed by atoms with Gasteiger partial charge in [-0.05, 0) is 48.1 Å². The molecule has 1 saturated heterocycles. The zero-order valence-corrected chi connectivity index (χ0v) is 18.7. The average molecular weight is 440 g/mol. The Morgan fingerprint density at radius 1 is 1.03 bits per heavy atom. The van der Waals surface area contributed by atoms with Crippen LogP contribution >= 0.6 is 0 Å². The number of benzene rings is 2. The van der Waals surface area contributed by atoms with Crippen LogP contribution in [0.4, 0.5) is 0 Å². The molecule has 1 fully saturated rings. The van der Waals surface area contributed by atoms with Gasteiger partial charge >= 0.3 is 0 Å². The van der Waals surface area contributed by atoms with E-state index in [4.69, 9.17) is 0 Å². The molecule has 3 aromatic rings. The molecule has 0 bridgehead atoms. The van der Waals surface area contributed by atoms with Gasteiger partial charge in [-0.2, -0.15) is 0 Å². The molecular formula is C28H29N3O2. The van der Waals surface area contributed by atoms with Crippen molar-refractivity contribution < 1.29 is 9.59 Å². The normalized spacial score (nSPS) is 17.9. The molecule has 0 spiro atoms. The van der Waals surface area contributed by atoms with Crippen LogP contribution in [0.3, 0.4) is 0 Å². The van der Waals surface area contributed by atoms with Crippen molar-refractivity contribution in [1.82, 2.24) is 15.2 Å². The van der Waals surface area contributed by atoms with Crippen molar-refractivity contribution in [2.45, 2.75) is 19.3 Å². The van der Waals surface area contributed by atoms with E-state index in [-0.39, 0.29) is 11.8 Å². The average Bonchev–Trinajstić information content (AvgIpc) is 2.88. The molecule has 4 rings (SSSR count). The Morgan fingerprint density at radius 2 is 1.79 bits per heavy atom. The molecule has 0 unspecified atom stereocenters. The molecule has 1 atom stereocenters. The molecule has 1 aromatic heterocycles. The molecule has 168 valence electrons. The highest BCUT2D eigenvalue weighted by molar-refractivity contribution is 5.93. The zero-order chi connectivity index (χ0) is 23.1. The highest BCUT2D eigenvalue weighted by Gasteiger charge is 2.44. The Labute approximate surface area is 195 Å². The van der Waals surface area contributed by atoms with Crippen molar-refractivity contribution in [3.63, 3.8) is 0 Å². The van der Waals surface area contributed by atoms with Gasteiger partial charge in [-0.3, -0.25) is 14.6 Å². The molecule has 2 aromatic carbocycles. The number of hydrogen-bond acceptors (Lipinski definition) is 3. The molecule has 5 heteroatoms. The number of aromatic nitrogens is 1. The zero-order valence-electron chi connectivity index (χ0n) is 18.7. The van der Waals surface area contributed by atoms with E-state index in [0.29, 0.717) is 38.2 Å². The van der Waals surface area contributed by atoms with Gasteiger partial charge in [0.2, 0.25) is 5.91 Å². The Bertz CT molecular complexity index is 1110. The third-order valence-electron chi connectivity index (χ3n) is 6.27. The second-order valence-electron chi connectivity index (χ2n) is 8.52. The Kier molecular flexibility index (Phi) is 6.98. The molecule has 2 amide bonds. The van der Waals surface area contributed by atoms with Crippen LogP contribution in [0.15, 0.2) is 91.6 Å². The molecule has 1 aliphatic heterocycles. The number of nitrogens with zero attached hydrogens (tertiary/aromatic N) is 2. The Hall–Kier alpha value is -3.73. The summed E-state index contributed by atoms with van der Waals surface area (Å²) in [5.41, 5.74) is 3.01. The molecule has 0 radical (unpaired) electrons. The quantitative estimate of drug-likeness (QED) is 0.551. The molecule has 0 aliphatic carbocycles. The van der Waals surface area contributed by atoms with Crippen LogP contribution in [0, 0.1) is 5.41 Å². The minimum atomic E-state index is -0.726. The van der Waals surface area contributed by atoms with E-state index in [2.05, 4.69) is 41.1 Å². The highest BCUT2D eigenvalue weighted by atomic mass is 16.2. The first kappa shape index (κ1) is 22.5. The van der Waals surface area contributed by atoms with Crippen LogP contribution in [0.1, 0.15) is 28.9 Å². The number of hydrogen-bond donors (Lipinski definition) is 1. The van der Waals surface area contributed by atoms with Crippen LogP contribution in [0.2, 0.25) is 0 Å². The lowest BCUT2D eigenvalue weighted by atomic mass is 9.73. The number of rotatable bonds is 7. The van der Waals surface area contributed by atoms with E-state index >= 15 is 0 Å². The van der Waals surface area contributed by atoms with E-state index < -0.39 is 5.41 Å². The van der Waals surface area contributed by atoms with Crippen molar-refractivity contribution >= 4 is 11.8 Å². The van der Waals surface area contributed by atoms with E-state index in [1.165, 1.54) is 0 Å². The van der Waals surface area contributed by atoms with E-state index in [9.17, 15) is 9.59 Å². The highest BCUT2D eigenvalue weighted by Crippen LogP contribution is 2.37. The SMILES string of the molecule is C=CCNC(=O)[C@]1(Cc2ccccc2-c2ccccc2)CCCN(C(=O)c2ccccn2)C1. The number of nitrogens with one attached hydrogen (secondary N) is 1. The van der Waals surface area contributed by atoms with Crippen LogP contribution in [0.25, 0.3) is 11.1 Å². The fourth-order valence-electron chi connectivity index (χ4n) is 4.66. The van der Waals surface area contributed by atoms with Crippen molar-refractivity contribution in [3.8, 4) is 11.1 Å². The lowest BCUT2D eigenvalue weighted by Crippen LogP contribution is -2.54. The topological polar surface area (TPSA) is 62.3 Å². The molecular weight excluding hydrogens is 410 g/mol. The van der Waals surface area contributed by atoms with Gasteiger partial charge in [-0.1, -0.05) is 66.7 Å². The molecule has 5 nitrogen and oxygen atoms in total. The van der Waals surface area contributed by atoms with Gasteiger partial charge in [0.1, 0.15) is 5.69 Å². The first-order chi connectivity index (χ1) is 16.1. The first-order valence-corrected chi connectivity index (χ1v) is 11.4. The van der Waals surface area contributed by atoms with E-state index in [1.807, 2.05) is 36.4 Å². The first-order valence-electron chi connectivity index (χ1n) is 11.4. The van der Waals surface area contributed by atoms with E-state index in [0.717, 1.165) is 23.1 Å². The number of amides is 2. The monoisotopic (exact) mass is 439 g/mol. The Morgan fingerprint density at radius 3 is 2.55 bits per heavy atom. The number of carbonyl (C=O) groups excluding carboxylic acids is 2. The summed E-state index contributed by atoms with van der Waals surface area (Å²) in [5, 5.41) is 3.01.